The molecule has 8 heteroatoms. The number of aliphatic hydroxyl groups is 1. The minimum atomic E-state index is -0.648. The normalized spacial score (nSPS) is 21.6. The van der Waals surface area contributed by atoms with E-state index in [4.69, 9.17) is 4.74 Å². The van der Waals surface area contributed by atoms with Crippen molar-refractivity contribution in [3.8, 4) is 0 Å². The van der Waals surface area contributed by atoms with Gasteiger partial charge in [0.1, 0.15) is 18.8 Å². The first-order chi connectivity index (χ1) is 15.0. The Bertz CT molecular complexity index is 999. The Labute approximate surface area is 197 Å². The van der Waals surface area contributed by atoms with Crippen LogP contribution in [0.2, 0.25) is 0 Å². The van der Waals surface area contributed by atoms with Crippen LogP contribution >= 0.6 is 31.9 Å². The van der Waals surface area contributed by atoms with E-state index in [0.717, 1.165) is 34.1 Å². The van der Waals surface area contributed by atoms with Crippen molar-refractivity contribution in [1.29, 1.82) is 0 Å². The lowest BCUT2D eigenvalue weighted by Gasteiger charge is -2.29. The summed E-state index contributed by atoms with van der Waals surface area (Å²) in [6.07, 6.45) is 0. The van der Waals surface area contributed by atoms with Crippen LogP contribution in [0.5, 0.6) is 0 Å². The van der Waals surface area contributed by atoms with Crippen LogP contribution < -0.4 is 4.90 Å². The van der Waals surface area contributed by atoms with Gasteiger partial charge in [-0.05, 0) is 29.8 Å². The van der Waals surface area contributed by atoms with Crippen molar-refractivity contribution in [3.05, 3.63) is 74.2 Å². The van der Waals surface area contributed by atoms with Crippen LogP contribution in [0.1, 0.15) is 17.2 Å². The summed E-state index contributed by atoms with van der Waals surface area (Å²) in [4.78, 5) is 29.0. The lowest BCUT2D eigenvalue weighted by Crippen LogP contribution is -3.14. The number of nitrogens with one attached hydrogen (secondary N) is 1. The van der Waals surface area contributed by atoms with Gasteiger partial charge in [0.25, 0.3) is 11.7 Å². The van der Waals surface area contributed by atoms with E-state index in [-0.39, 0.29) is 11.3 Å². The summed E-state index contributed by atoms with van der Waals surface area (Å²) in [5, 5.41) is 11.1. The second-order valence-electron chi connectivity index (χ2n) is 7.66. The number of ketones is 1. The van der Waals surface area contributed by atoms with Crippen LogP contribution in [0.15, 0.2) is 63.0 Å². The summed E-state index contributed by atoms with van der Waals surface area (Å²) >= 11 is 6.81. The highest BCUT2D eigenvalue weighted by Crippen LogP contribution is 2.39. The summed E-state index contributed by atoms with van der Waals surface area (Å²) in [6.45, 7) is 4.32. The molecule has 0 aliphatic carbocycles. The van der Waals surface area contributed by atoms with Gasteiger partial charge in [-0.1, -0.05) is 56.1 Å². The Hall–Kier alpha value is -2.00. The molecular formula is C23H23Br2N2O4+. The molecule has 1 atom stereocenters. The first-order valence-corrected chi connectivity index (χ1v) is 11.8. The first kappa shape index (κ1) is 22.2. The van der Waals surface area contributed by atoms with Gasteiger partial charge in [0.15, 0.2) is 0 Å². The van der Waals surface area contributed by atoms with Gasteiger partial charge in [0, 0.05) is 14.5 Å². The number of quaternary nitrogens is 1. The number of hydrogen-bond acceptors (Lipinski definition) is 4. The van der Waals surface area contributed by atoms with Crippen LogP contribution in [0, 0.1) is 0 Å². The molecule has 4 rings (SSSR count). The molecule has 6 nitrogen and oxygen atoms in total. The van der Waals surface area contributed by atoms with Crippen molar-refractivity contribution in [1.82, 2.24) is 4.90 Å². The van der Waals surface area contributed by atoms with Crippen LogP contribution in [0.3, 0.4) is 0 Å². The largest absolute Gasteiger partial charge is 0.507 e. The molecule has 2 saturated heterocycles. The van der Waals surface area contributed by atoms with Crippen molar-refractivity contribution in [2.24, 2.45) is 0 Å². The number of likely N-dealkylation sites (tertiary alicyclic amines) is 1. The topological polar surface area (TPSA) is 71.3 Å². The highest BCUT2D eigenvalue weighted by molar-refractivity contribution is 9.10. The summed E-state index contributed by atoms with van der Waals surface area (Å²) in [6, 6.07) is 13.9. The zero-order valence-electron chi connectivity index (χ0n) is 16.8. The van der Waals surface area contributed by atoms with Gasteiger partial charge < -0.3 is 19.6 Å². The SMILES string of the molecule is O=C1C(=O)N(CC[NH+]2CCOCC2)[C@@H](c2ccc(Br)cc2)C1=C(O)c1ccc(Br)cc1. The van der Waals surface area contributed by atoms with Crippen molar-refractivity contribution in [2.75, 3.05) is 39.4 Å². The molecule has 0 saturated carbocycles. The molecule has 2 fully saturated rings. The van der Waals surface area contributed by atoms with Crippen molar-refractivity contribution >= 4 is 49.3 Å². The maximum absolute atomic E-state index is 13.0. The Kier molecular flexibility index (Phi) is 6.91. The number of Topliss-reactive ketones (excluding diaryl/α,β-unsaturated/α-hetero) is 1. The molecule has 1 amide bonds. The van der Waals surface area contributed by atoms with E-state index >= 15 is 0 Å². The zero-order valence-corrected chi connectivity index (χ0v) is 20.0. The highest BCUT2D eigenvalue weighted by atomic mass is 79.9. The summed E-state index contributed by atoms with van der Waals surface area (Å²) < 4.78 is 7.18. The Morgan fingerprint density at radius 3 is 2.19 bits per heavy atom. The average Bonchev–Trinajstić information content (AvgIpc) is 3.04. The van der Waals surface area contributed by atoms with Crippen LogP contribution in [0.4, 0.5) is 0 Å². The standard InChI is InChI=1S/C23H22Br2N2O4/c24-17-5-1-15(2-6-17)20-19(21(28)16-3-7-18(25)8-4-16)22(29)23(30)27(20)10-9-26-11-13-31-14-12-26/h1-8,20,28H,9-14H2/p+1/t20-/m0/s1. The molecule has 0 bridgehead atoms. The van der Waals surface area contributed by atoms with Gasteiger partial charge in [0.2, 0.25) is 0 Å². The van der Waals surface area contributed by atoms with Gasteiger partial charge in [-0.15, -0.1) is 0 Å². The van der Waals surface area contributed by atoms with Crippen molar-refractivity contribution in [3.63, 3.8) is 0 Å². The third kappa shape index (κ3) is 4.77. The fourth-order valence-electron chi connectivity index (χ4n) is 4.05. The monoisotopic (exact) mass is 549 g/mol. The zero-order chi connectivity index (χ0) is 22.0. The molecule has 2 N–H and O–H groups in total. The number of aliphatic hydroxyl groups excluding tert-OH is 1. The van der Waals surface area contributed by atoms with Gasteiger partial charge in [0.05, 0.1) is 37.9 Å². The molecule has 0 aromatic heterocycles. The quantitative estimate of drug-likeness (QED) is 0.341. The maximum Gasteiger partial charge on any atom is 0.295 e. The number of morpholine rings is 1. The van der Waals surface area contributed by atoms with E-state index in [9.17, 15) is 14.7 Å². The van der Waals surface area contributed by atoms with Gasteiger partial charge >= 0.3 is 0 Å². The number of carbonyl (C=O) groups excluding carboxylic acids is 2. The fourth-order valence-corrected chi connectivity index (χ4v) is 4.58. The molecule has 2 aromatic rings. The van der Waals surface area contributed by atoms with Gasteiger partial charge in [-0.25, -0.2) is 0 Å². The molecule has 162 valence electrons. The lowest BCUT2D eigenvalue weighted by atomic mass is 9.95. The van der Waals surface area contributed by atoms with E-state index in [1.165, 1.54) is 4.90 Å². The van der Waals surface area contributed by atoms with E-state index < -0.39 is 17.7 Å². The molecule has 31 heavy (non-hydrogen) atoms. The summed E-state index contributed by atoms with van der Waals surface area (Å²) in [5.74, 6) is -1.37. The second kappa shape index (κ2) is 9.65. The van der Waals surface area contributed by atoms with Crippen LogP contribution in [-0.2, 0) is 14.3 Å². The van der Waals surface area contributed by atoms with E-state index in [1.54, 1.807) is 29.2 Å². The van der Waals surface area contributed by atoms with Gasteiger partial charge in [-0.3, -0.25) is 9.59 Å². The predicted octanol–water partition coefficient (Wildman–Crippen LogP) is 2.55. The fraction of sp³-hybridized carbons (Fsp3) is 0.304. The number of benzene rings is 2. The predicted molar refractivity (Wildman–Crippen MR) is 124 cm³/mol. The number of nitrogens with zero attached hydrogens (tertiary/aromatic N) is 1. The number of amides is 1. The molecule has 2 heterocycles. The molecule has 0 unspecified atom stereocenters. The molecule has 0 spiro atoms. The second-order valence-corrected chi connectivity index (χ2v) is 9.49. The van der Waals surface area contributed by atoms with E-state index in [0.29, 0.717) is 25.3 Å². The number of ether oxygens (including phenoxy) is 1. The van der Waals surface area contributed by atoms with Crippen molar-refractivity contribution in [2.45, 2.75) is 6.04 Å². The van der Waals surface area contributed by atoms with E-state index in [1.807, 2.05) is 24.3 Å². The minimum Gasteiger partial charge on any atom is -0.507 e. The first-order valence-electron chi connectivity index (χ1n) is 10.2. The summed E-state index contributed by atoms with van der Waals surface area (Å²) in [5.41, 5.74) is 1.42. The Balaban J connectivity index is 1.72. The average molecular weight is 551 g/mol. The number of rotatable bonds is 5. The number of carbonyl (C=O) groups is 2. The molecule has 0 radical (unpaired) electrons. The Morgan fingerprint density at radius 1 is 1.00 bits per heavy atom. The van der Waals surface area contributed by atoms with E-state index in [2.05, 4.69) is 31.9 Å². The van der Waals surface area contributed by atoms with Gasteiger partial charge in [-0.2, -0.15) is 0 Å². The van der Waals surface area contributed by atoms with Crippen molar-refractivity contribution < 1.29 is 24.3 Å². The smallest absolute Gasteiger partial charge is 0.295 e. The Morgan fingerprint density at radius 2 is 1.58 bits per heavy atom. The lowest BCUT2D eigenvalue weighted by molar-refractivity contribution is -0.907. The third-order valence-corrected chi connectivity index (χ3v) is 6.81. The number of halogens is 2. The third-order valence-electron chi connectivity index (χ3n) is 5.75. The van der Waals surface area contributed by atoms with Crippen LogP contribution in [0.25, 0.3) is 5.76 Å². The summed E-state index contributed by atoms with van der Waals surface area (Å²) in [7, 11) is 0. The maximum atomic E-state index is 13.0. The molecular weight excluding hydrogens is 528 g/mol. The molecule has 2 aliphatic rings. The van der Waals surface area contributed by atoms with Crippen LogP contribution in [-0.4, -0.2) is 61.1 Å². The highest BCUT2D eigenvalue weighted by Gasteiger charge is 2.46. The minimum absolute atomic E-state index is 0.131. The number of hydrogen-bond donors (Lipinski definition) is 2. The molecule has 2 aliphatic heterocycles. The molecule has 2 aromatic carbocycles.